The summed E-state index contributed by atoms with van der Waals surface area (Å²) < 4.78 is 32.5. The Hall–Kier alpha value is -1.90. The van der Waals surface area contributed by atoms with Crippen molar-refractivity contribution in [3.8, 4) is 5.75 Å². The Morgan fingerprint density at radius 2 is 1.69 bits per heavy atom. The van der Waals surface area contributed by atoms with Crippen LogP contribution in [-0.2, 0) is 22.9 Å². The zero-order valence-corrected chi connectivity index (χ0v) is 22.4. The van der Waals surface area contributed by atoms with Gasteiger partial charge in [0.05, 0.1) is 10.8 Å². The minimum atomic E-state index is -3.09. The lowest BCUT2D eigenvalue weighted by Crippen LogP contribution is -2.40. The van der Waals surface area contributed by atoms with Gasteiger partial charge in [-0.25, -0.2) is 22.7 Å². The third-order valence-corrected chi connectivity index (χ3v) is 9.44. The van der Waals surface area contributed by atoms with Crippen LogP contribution in [0.1, 0.15) is 57.1 Å². The normalized spacial score (nSPS) is 18.7. The third-order valence-electron chi connectivity index (χ3n) is 7.07. The highest BCUT2D eigenvalue weighted by atomic mass is 35.5. The van der Waals surface area contributed by atoms with Gasteiger partial charge in [0.2, 0.25) is 16.0 Å². The zero-order valence-electron chi connectivity index (χ0n) is 20.8. The standard InChI is InChI=1S/C26H37ClN4O3S/c1-3-15-35(32,33)31-13-7-21(8-14-31)16-22-5-6-25(24(27)17-22)34-23-9-11-30(12-10-23)26-28-18-20(4-2)19-29-26/h5-6,17-19,21,23H,3-4,7-16H2,1-2H3. The van der Waals surface area contributed by atoms with Gasteiger partial charge in [0.15, 0.2) is 0 Å². The van der Waals surface area contributed by atoms with Crippen LogP contribution in [0, 0.1) is 5.92 Å². The summed E-state index contributed by atoms with van der Waals surface area (Å²) in [6.07, 6.45) is 10.0. The number of aromatic nitrogens is 2. The first kappa shape index (κ1) is 26.2. The highest BCUT2D eigenvalue weighted by molar-refractivity contribution is 7.89. The molecule has 4 rings (SSSR count). The molecule has 2 aliphatic rings. The number of aryl methyl sites for hydroxylation is 1. The molecular weight excluding hydrogens is 484 g/mol. The molecule has 0 aliphatic carbocycles. The fourth-order valence-corrected chi connectivity index (χ4v) is 6.71. The molecule has 0 radical (unpaired) electrons. The number of nitrogens with zero attached hydrogens (tertiary/aromatic N) is 4. The van der Waals surface area contributed by atoms with Crippen LogP contribution in [-0.4, -0.2) is 60.7 Å². The predicted molar refractivity (Wildman–Crippen MR) is 141 cm³/mol. The van der Waals surface area contributed by atoms with Gasteiger partial charge >= 0.3 is 0 Å². The topological polar surface area (TPSA) is 75.6 Å². The first-order chi connectivity index (χ1) is 16.9. The van der Waals surface area contributed by atoms with Gasteiger partial charge in [-0.2, -0.15) is 0 Å². The first-order valence-corrected chi connectivity index (χ1v) is 14.9. The summed E-state index contributed by atoms with van der Waals surface area (Å²) in [5, 5.41) is 0.645. The zero-order chi connectivity index (χ0) is 24.8. The average Bonchev–Trinajstić information content (AvgIpc) is 2.86. The number of benzene rings is 1. The molecule has 192 valence electrons. The number of hydrogen-bond donors (Lipinski definition) is 0. The number of halogens is 1. The van der Waals surface area contributed by atoms with E-state index in [0.29, 0.717) is 30.5 Å². The molecule has 0 saturated carbocycles. The molecule has 7 nitrogen and oxygen atoms in total. The number of anilines is 1. The van der Waals surface area contributed by atoms with E-state index >= 15 is 0 Å². The average molecular weight is 521 g/mol. The van der Waals surface area contributed by atoms with E-state index in [-0.39, 0.29) is 11.9 Å². The summed E-state index contributed by atoms with van der Waals surface area (Å²) in [6.45, 7) is 6.97. The Balaban J connectivity index is 1.25. The predicted octanol–water partition coefficient (Wildman–Crippen LogP) is 4.73. The Morgan fingerprint density at radius 1 is 1.00 bits per heavy atom. The van der Waals surface area contributed by atoms with Crippen LogP contribution in [0.25, 0.3) is 0 Å². The van der Waals surface area contributed by atoms with E-state index in [9.17, 15) is 8.42 Å². The molecular formula is C26H37ClN4O3S. The highest BCUT2D eigenvalue weighted by Crippen LogP contribution is 2.31. The largest absolute Gasteiger partial charge is 0.489 e. The Bertz CT molecular complexity index is 1060. The smallest absolute Gasteiger partial charge is 0.225 e. The molecule has 35 heavy (non-hydrogen) atoms. The summed E-state index contributed by atoms with van der Waals surface area (Å²) in [5.41, 5.74) is 2.33. The van der Waals surface area contributed by atoms with E-state index < -0.39 is 10.0 Å². The Morgan fingerprint density at radius 3 is 2.29 bits per heavy atom. The second kappa shape index (κ2) is 11.9. The quantitative estimate of drug-likeness (QED) is 0.475. The SMILES string of the molecule is CCCS(=O)(=O)N1CCC(Cc2ccc(OC3CCN(c4ncc(CC)cn4)CC3)c(Cl)c2)CC1. The van der Waals surface area contributed by atoms with Gasteiger partial charge in [0.25, 0.3) is 0 Å². The molecule has 2 aliphatic heterocycles. The maximum absolute atomic E-state index is 12.3. The molecule has 2 saturated heterocycles. The number of ether oxygens (including phenoxy) is 1. The molecule has 0 N–H and O–H groups in total. The van der Waals surface area contributed by atoms with E-state index in [1.54, 1.807) is 4.31 Å². The number of rotatable bonds is 9. The molecule has 1 aromatic carbocycles. The van der Waals surface area contributed by atoms with E-state index in [1.807, 2.05) is 31.5 Å². The van der Waals surface area contributed by atoms with Crippen LogP contribution in [0.2, 0.25) is 5.02 Å². The molecule has 0 unspecified atom stereocenters. The first-order valence-electron chi connectivity index (χ1n) is 12.9. The highest BCUT2D eigenvalue weighted by Gasteiger charge is 2.28. The number of sulfonamides is 1. The summed E-state index contributed by atoms with van der Waals surface area (Å²) in [7, 11) is -3.09. The van der Waals surface area contributed by atoms with Crippen molar-refractivity contribution in [3.05, 3.63) is 46.7 Å². The van der Waals surface area contributed by atoms with Crippen molar-refractivity contribution >= 4 is 27.6 Å². The second-order valence-electron chi connectivity index (χ2n) is 9.68. The molecule has 1 aromatic heterocycles. The minimum Gasteiger partial charge on any atom is -0.489 e. The molecule has 0 amide bonds. The minimum absolute atomic E-state index is 0.124. The van der Waals surface area contributed by atoms with E-state index in [4.69, 9.17) is 16.3 Å². The maximum atomic E-state index is 12.3. The van der Waals surface area contributed by atoms with Crippen LogP contribution < -0.4 is 9.64 Å². The Kier molecular flexibility index (Phi) is 8.89. The molecule has 2 fully saturated rings. The lowest BCUT2D eigenvalue weighted by Gasteiger charge is -2.32. The van der Waals surface area contributed by atoms with Crippen LogP contribution >= 0.6 is 11.6 Å². The van der Waals surface area contributed by atoms with Crippen LogP contribution in [0.3, 0.4) is 0 Å². The summed E-state index contributed by atoms with van der Waals surface area (Å²) in [6, 6.07) is 6.09. The van der Waals surface area contributed by atoms with Crippen molar-refractivity contribution in [2.75, 3.05) is 36.8 Å². The lowest BCUT2D eigenvalue weighted by molar-refractivity contribution is 0.170. The van der Waals surface area contributed by atoms with Gasteiger partial charge in [-0.1, -0.05) is 31.5 Å². The second-order valence-corrected chi connectivity index (χ2v) is 12.2. The van der Waals surface area contributed by atoms with Crippen molar-refractivity contribution in [1.29, 1.82) is 0 Å². The van der Waals surface area contributed by atoms with Gasteiger partial charge in [0.1, 0.15) is 11.9 Å². The number of piperidine rings is 2. The maximum Gasteiger partial charge on any atom is 0.225 e. The van der Waals surface area contributed by atoms with Crippen LogP contribution in [0.15, 0.2) is 30.6 Å². The molecule has 9 heteroatoms. The van der Waals surface area contributed by atoms with Crippen LogP contribution in [0.5, 0.6) is 5.75 Å². The van der Waals surface area contributed by atoms with Gasteiger partial charge in [-0.05, 0) is 61.3 Å². The molecule has 0 spiro atoms. The van der Waals surface area contributed by atoms with Gasteiger partial charge in [-0.3, -0.25) is 0 Å². The summed E-state index contributed by atoms with van der Waals surface area (Å²) >= 11 is 6.59. The summed E-state index contributed by atoms with van der Waals surface area (Å²) in [5.74, 6) is 2.24. The molecule has 0 atom stereocenters. The van der Waals surface area contributed by atoms with Crippen molar-refractivity contribution in [2.45, 2.75) is 64.9 Å². The van der Waals surface area contributed by atoms with E-state index in [0.717, 1.165) is 68.9 Å². The number of hydrogen-bond acceptors (Lipinski definition) is 6. The van der Waals surface area contributed by atoms with Gasteiger partial charge < -0.3 is 9.64 Å². The molecule has 3 heterocycles. The fraction of sp³-hybridized carbons (Fsp3) is 0.615. The molecule has 2 aromatic rings. The Labute approximate surface area is 214 Å². The summed E-state index contributed by atoms with van der Waals surface area (Å²) in [4.78, 5) is 11.2. The van der Waals surface area contributed by atoms with Gasteiger partial charge in [-0.15, -0.1) is 0 Å². The van der Waals surface area contributed by atoms with Crippen LogP contribution in [0.4, 0.5) is 5.95 Å². The van der Waals surface area contributed by atoms with Crippen molar-refractivity contribution in [3.63, 3.8) is 0 Å². The fourth-order valence-electron chi connectivity index (χ4n) is 4.93. The van der Waals surface area contributed by atoms with Gasteiger partial charge in [0, 0.05) is 51.4 Å². The van der Waals surface area contributed by atoms with E-state index in [1.165, 1.54) is 5.56 Å². The third kappa shape index (κ3) is 6.86. The van der Waals surface area contributed by atoms with Crippen molar-refractivity contribution < 1.29 is 13.2 Å². The monoisotopic (exact) mass is 520 g/mol. The molecule has 0 bridgehead atoms. The van der Waals surface area contributed by atoms with Crippen molar-refractivity contribution in [1.82, 2.24) is 14.3 Å². The van der Waals surface area contributed by atoms with E-state index in [2.05, 4.69) is 27.9 Å². The van der Waals surface area contributed by atoms with Crippen molar-refractivity contribution in [2.24, 2.45) is 5.92 Å². The lowest BCUT2D eigenvalue weighted by atomic mass is 9.91.